The third kappa shape index (κ3) is 7.94. The summed E-state index contributed by atoms with van der Waals surface area (Å²) in [5.41, 5.74) is 1.34. The Bertz CT molecular complexity index is 228. The number of rotatable bonds is 3. The van der Waals surface area contributed by atoms with Crippen molar-refractivity contribution in [2.45, 2.75) is 33.2 Å². The maximum absolute atomic E-state index is 2.25. The topological polar surface area (TPSA) is 3.88 Å². The number of pyridine rings is 1. The lowest BCUT2D eigenvalue weighted by Crippen LogP contribution is -2.32. The van der Waals surface area contributed by atoms with Crippen LogP contribution in [0.25, 0.3) is 0 Å². The summed E-state index contributed by atoms with van der Waals surface area (Å²) in [5.74, 6) is 0. The van der Waals surface area contributed by atoms with E-state index in [9.17, 15) is 0 Å². The van der Waals surface area contributed by atoms with Gasteiger partial charge in [-0.2, -0.15) is 0 Å². The first-order valence-electron chi connectivity index (χ1n) is 4.28. The van der Waals surface area contributed by atoms with Crippen molar-refractivity contribution in [1.82, 2.24) is 0 Å². The van der Waals surface area contributed by atoms with Crippen molar-refractivity contribution in [1.29, 1.82) is 0 Å². The summed E-state index contributed by atoms with van der Waals surface area (Å²) >= 11 is 0. The first-order valence-corrected chi connectivity index (χ1v) is 4.28. The molecule has 0 fully saturated rings. The molecular formula is C10H19Br3N+. The first-order chi connectivity index (χ1) is 5.33. The van der Waals surface area contributed by atoms with Gasteiger partial charge in [0.2, 0.25) is 0 Å². The van der Waals surface area contributed by atoms with Gasteiger partial charge in [0.15, 0.2) is 12.4 Å². The average Bonchev–Trinajstić information content (AvgIpc) is 2.01. The second-order valence-electron chi connectivity index (χ2n) is 2.97. The zero-order valence-electron chi connectivity index (χ0n) is 8.60. The van der Waals surface area contributed by atoms with Crippen LogP contribution in [0.4, 0.5) is 0 Å². The Kier molecular flexibility index (Phi) is 16.7. The second-order valence-corrected chi connectivity index (χ2v) is 2.97. The molecule has 0 unspecified atom stereocenters. The van der Waals surface area contributed by atoms with Gasteiger partial charge < -0.3 is 0 Å². The van der Waals surface area contributed by atoms with Gasteiger partial charge in [-0.25, -0.2) is 4.57 Å². The van der Waals surface area contributed by atoms with Crippen molar-refractivity contribution in [3.63, 3.8) is 0 Å². The van der Waals surface area contributed by atoms with E-state index in [1.54, 1.807) is 0 Å². The molecule has 84 valence electrons. The number of halogens is 3. The second kappa shape index (κ2) is 11.7. The Morgan fingerprint density at radius 2 is 1.86 bits per heavy atom. The SMILES string of the molecule is Br.Br.Br.CCCC[n+]1cccc(C)c1. The summed E-state index contributed by atoms with van der Waals surface area (Å²) in [4.78, 5) is 0. The van der Waals surface area contributed by atoms with E-state index in [4.69, 9.17) is 0 Å². The highest BCUT2D eigenvalue weighted by molar-refractivity contribution is 8.93. The van der Waals surface area contributed by atoms with Crippen LogP contribution in [0.2, 0.25) is 0 Å². The lowest BCUT2D eigenvalue weighted by Gasteiger charge is -1.94. The number of hydrogen-bond donors (Lipinski definition) is 0. The highest BCUT2D eigenvalue weighted by Gasteiger charge is 1.97. The number of hydrogen-bond acceptors (Lipinski definition) is 0. The molecule has 0 bridgehead atoms. The molecule has 0 aromatic carbocycles. The zero-order valence-corrected chi connectivity index (χ0v) is 13.7. The molecule has 0 N–H and O–H groups in total. The van der Waals surface area contributed by atoms with E-state index >= 15 is 0 Å². The summed E-state index contributed by atoms with van der Waals surface area (Å²) in [5, 5.41) is 0. The average molecular weight is 393 g/mol. The minimum atomic E-state index is 0. The van der Waals surface area contributed by atoms with Crippen LogP contribution in [0.15, 0.2) is 24.5 Å². The molecule has 1 rings (SSSR count). The number of aryl methyl sites for hydroxylation is 2. The minimum absolute atomic E-state index is 0. The van der Waals surface area contributed by atoms with Gasteiger partial charge in [0, 0.05) is 18.1 Å². The molecule has 1 aromatic rings. The Labute approximate surface area is 118 Å². The van der Waals surface area contributed by atoms with E-state index in [-0.39, 0.29) is 50.9 Å². The molecule has 1 nitrogen and oxygen atoms in total. The molecule has 0 amide bonds. The van der Waals surface area contributed by atoms with Crippen LogP contribution in [-0.4, -0.2) is 0 Å². The number of nitrogens with zero attached hydrogens (tertiary/aromatic N) is 1. The molecule has 0 saturated heterocycles. The number of unbranched alkanes of at least 4 members (excludes halogenated alkanes) is 1. The van der Waals surface area contributed by atoms with E-state index in [1.165, 1.54) is 18.4 Å². The van der Waals surface area contributed by atoms with Crippen LogP contribution in [0.5, 0.6) is 0 Å². The molecule has 0 atom stereocenters. The standard InChI is InChI=1S/C10H16N.3BrH/c1-3-4-7-11-8-5-6-10(2)9-11;;;/h5-6,8-9H,3-4,7H2,1-2H3;3*1H/q+1;;;. The fraction of sp³-hybridized carbons (Fsp3) is 0.500. The van der Waals surface area contributed by atoms with Crippen LogP contribution in [0.1, 0.15) is 25.3 Å². The Hall–Kier alpha value is 0.590. The van der Waals surface area contributed by atoms with Crippen LogP contribution >= 0.6 is 50.9 Å². The summed E-state index contributed by atoms with van der Waals surface area (Å²) in [7, 11) is 0. The third-order valence-electron chi connectivity index (χ3n) is 1.78. The van der Waals surface area contributed by atoms with Crippen LogP contribution < -0.4 is 4.57 Å². The predicted octanol–water partition coefficient (Wildman–Crippen LogP) is 3.82. The molecule has 0 spiro atoms. The van der Waals surface area contributed by atoms with Gasteiger partial charge >= 0.3 is 0 Å². The van der Waals surface area contributed by atoms with Crippen molar-refractivity contribution in [2.24, 2.45) is 0 Å². The molecule has 1 aromatic heterocycles. The van der Waals surface area contributed by atoms with Gasteiger partial charge in [0.1, 0.15) is 6.54 Å². The lowest BCUT2D eigenvalue weighted by molar-refractivity contribution is -0.697. The zero-order chi connectivity index (χ0) is 8.10. The van der Waals surface area contributed by atoms with Crippen LogP contribution in [-0.2, 0) is 6.54 Å². The quantitative estimate of drug-likeness (QED) is 0.688. The largest absolute Gasteiger partial charge is 0.205 e. The normalized spacial score (nSPS) is 7.86. The van der Waals surface area contributed by atoms with Gasteiger partial charge in [0.05, 0.1) is 0 Å². The first kappa shape index (κ1) is 20.1. The van der Waals surface area contributed by atoms with Crippen LogP contribution in [0.3, 0.4) is 0 Å². The monoisotopic (exact) mass is 390 g/mol. The van der Waals surface area contributed by atoms with E-state index < -0.39 is 0 Å². The van der Waals surface area contributed by atoms with Crippen molar-refractivity contribution in [2.75, 3.05) is 0 Å². The summed E-state index contributed by atoms with van der Waals surface area (Å²) in [6.07, 6.45) is 6.85. The molecule has 0 aliphatic carbocycles. The van der Waals surface area contributed by atoms with Gasteiger partial charge in [0.25, 0.3) is 0 Å². The molecular weight excluding hydrogens is 374 g/mol. The highest BCUT2D eigenvalue weighted by Crippen LogP contribution is 1.91. The third-order valence-corrected chi connectivity index (χ3v) is 1.78. The Morgan fingerprint density at radius 3 is 2.36 bits per heavy atom. The highest BCUT2D eigenvalue weighted by atomic mass is 79.9. The van der Waals surface area contributed by atoms with E-state index in [2.05, 4.69) is 42.9 Å². The fourth-order valence-corrected chi connectivity index (χ4v) is 1.13. The molecule has 0 aliphatic heterocycles. The Balaban J connectivity index is -0.000000403. The van der Waals surface area contributed by atoms with Crippen molar-refractivity contribution >= 4 is 50.9 Å². The summed E-state index contributed by atoms with van der Waals surface area (Å²) in [6, 6.07) is 4.23. The fourth-order valence-electron chi connectivity index (χ4n) is 1.13. The van der Waals surface area contributed by atoms with Gasteiger partial charge in [-0.1, -0.05) is 13.3 Å². The van der Waals surface area contributed by atoms with Gasteiger partial charge in [-0.3, -0.25) is 0 Å². The predicted molar refractivity (Wildman–Crippen MR) is 77.2 cm³/mol. The minimum Gasteiger partial charge on any atom is -0.205 e. The molecule has 4 heteroatoms. The lowest BCUT2D eigenvalue weighted by atomic mass is 10.3. The molecule has 0 saturated carbocycles. The van der Waals surface area contributed by atoms with E-state index in [1.807, 2.05) is 0 Å². The summed E-state index contributed by atoms with van der Waals surface area (Å²) in [6.45, 7) is 5.50. The summed E-state index contributed by atoms with van der Waals surface area (Å²) < 4.78 is 2.25. The molecule has 0 aliphatic rings. The number of aromatic nitrogens is 1. The molecule has 1 heterocycles. The van der Waals surface area contributed by atoms with Crippen molar-refractivity contribution in [3.8, 4) is 0 Å². The van der Waals surface area contributed by atoms with Crippen molar-refractivity contribution < 1.29 is 4.57 Å². The van der Waals surface area contributed by atoms with Crippen LogP contribution in [0, 0.1) is 6.92 Å². The Morgan fingerprint density at radius 1 is 1.21 bits per heavy atom. The van der Waals surface area contributed by atoms with Gasteiger partial charge in [-0.15, -0.1) is 50.9 Å². The molecule has 14 heavy (non-hydrogen) atoms. The maximum atomic E-state index is 2.25. The smallest absolute Gasteiger partial charge is 0.171 e. The maximum Gasteiger partial charge on any atom is 0.171 e. The molecule has 0 radical (unpaired) electrons. The van der Waals surface area contributed by atoms with E-state index in [0.717, 1.165) is 6.54 Å². The van der Waals surface area contributed by atoms with E-state index in [0.29, 0.717) is 0 Å². The van der Waals surface area contributed by atoms with Gasteiger partial charge in [-0.05, 0) is 13.0 Å². The van der Waals surface area contributed by atoms with Crippen molar-refractivity contribution in [3.05, 3.63) is 30.1 Å².